The first-order valence-electron chi connectivity index (χ1n) is 4.90. The molecule has 16 heavy (non-hydrogen) atoms. The smallest absolute Gasteiger partial charge is 0.268 e. The zero-order chi connectivity index (χ0) is 11.7. The summed E-state index contributed by atoms with van der Waals surface area (Å²) >= 11 is 6.60. The maximum Gasteiger partial charge on any atom is 0.270 e. The molecule has 82 valence electrons. The second-order valence-corrected chi connectivity index (χ2v) is 5.32. The number of hydrogen-bond acceptors (Lipinski definition) is 3. The number of carbonyl (C=O) groups is 1. The van der Waals surface area contributed by atoms with Gasteiger partial charge < -0.3 is 0 Å². The summed E-state index contributed by atoms with van der Waals surface area (Å²) < 4.78 is 0.604. The van der Waals surface area contributed by atoms with Gasteiger partial charge in [-0.3, -0.25) is 9.69 Å². The van der Waals surface area contributed by atoms with Crippen LogP contribution in [0.1, 0.15) is 13.8 Å². The zero-order valence-corrected chi connectivity index (χ0v) is 10.7. The number of thioether (sulfide) groups is 1. The number of amides is 1. The van der Waals surface area contributed by atoms with E-state index in [2.05, 4.69) is 0 Å². The molecule has 4 heteroatoms. The Morgan fingerprint density at radius 2 is 1.88 bits per heavy atom. The molecule has 1 aromatic carbocycles. The van der Waals surface area contributed by atoms with Crippen molar-refractivity contribution in [1.29, 1.82) is 0 Å². The molecule has 0 spiro atoms. The van der Waals surface area contributed by atoms with Crippen molar-refractivity contribution in [3.63, 3.8) is 0 Å². The van der Waals surface area contributed by atoms with Crippen molar-refractivity contribution in [3.8, 4) is 0 Å². The molecule has 0 N–H and O–H groups in total. The summed E-state index contributed by atoms with van der Waals surface area (Å²) in [5.74, 6) is -0.0128. The maximum atomic E-state index is 12.1. The molecule has 0 bridgehead atoms. The third kappa shape index (κ3) is 1.90. The largest absolute Gasteiger partial charge is 0.270 e. The van der Waals surface area contributed by atoms with E-state index >= 15 is 0 Å². The Kier molecular flexibility index (Phi) is 3.12. The van der Waals surface area contributed by atoms with Crippen molar-refractivity contribution >= 4 is 39.9 Å². The van der Waals surface area contributed by atoms with Crippen LogP contribution in [0.4, 0.5) is 5.69 Å². The summed E-state index contributed by atoms with van der Waals surface area (Å²) in [5.41, 5.74) is 1.84. The number of para-hydroxylation sites is 1. The summed E-state index contributed by atoms with van der Waals surface area (Å²) in [6.07, 6.45) is 0. The number of rotatable bonds is 1. The van der Waals surface area contributed by atoms with Gasteiger partial charge in [-0.2, -0.15) is 0 Å². The highest BCUT2D eigenvalue weighted by molar-refractivity contribution is 8.27. The van der Waals surface area contributed by atoms with E-state index in [1.165, 1.54) is 11.8 Å². The van der Waals surface area contributed by atoms with Gasteiger partial charge in [-0.25, -0.2) is 0 Å². The fourth-order valence-electron chi connectivity index (χ4n) is 1.48. The topological polar surface area (TPSA) is 20.3 Å². The number of nitrogens with zero attached hydrogens (tertiary/aromatic N) is 1. The van der Waals surface area contributed by atoms with Crippen molar-refractivity contribution in [1.82, 2.24) is 0 Å². The van der Waals surface area contributed by atoms with E-state index in [1.807, 2.05) is 44.2 Å². The molecular weight excluding hydrogens is 238 g/mol. The molecular formula is C12H11NOS2. The van der Waals surface area contributed by atoms with Crippen molar-refractivity contribution in [2.24, 2.45) is 0 Å². The lowest BCUT2D eigenvalue weighted by Gasteiger charge is -2.13. The molecule has 0 saturated carbocycles. The quantitative estimate of drug-likeness (QED) is 0.562. The van der Waals surface area contributed by atoms with Crippen LogP contribution < -0.4 is 4.90 Å². The molecule has 1 fully saturated rings. The lowest BCUT2D eigenvalue weighted by molar-refractivity contribution is -0.113. The van der Waals surface area contributed by atoms with Gasteiger partial charge in [-0.05, 0) is 26.0 Å². The Balaban J connectivity index is 2.42. The van der Waals surface area contributed by atoms with E-state index in [0.717, 1.165) is 16.2 Å². The molecule has 1 amide bonds. The van der Waals surface area contributed by atoms with Gasteiger partial charge in [0.2, 0.25) is 0 Å². The predicted molar refractivity (Wildman–Crippen MR) is 72.5 cm³/mol. The number of allylic oxidation sites excluding steroid dienone is 1. The first kappa shape index (κ1) is 11.4. The van der Waals surface area contributed by atoms with E-state index in [-0.39, 0.29) is 5.91 Å². The first-order chi connectivity index (χ1) is 7.61. The van der Waals surface area contributed by atoms with E-state index in [9.17, 15) is 4.79 Å². The number of hydrogen-bond donors (Lipinski definition) is 0. The third-order valence-corrected chi connectivity index (χ3v) is 3.81. The minimum atomic E-state index is -0.0128. The minimum absolute atomic E-state index is 0.0128. The van der Waals surface area contributed by atoms with Crippen molar-refractivity contribution in [3.05, 3.63) is 40.8 Å². The van der Waals surface area contributed by atoms with Gasteiger partial charge in [0.1, 0.15) is 0 Å². The van der Waals surface area contributed by atoms with E-state index < -0.39 is 0 Å². The Morgan fingerprint density at radius 1 is 1.25 bits per heavy atom. The average Bonchev–Trinajstić information content (AvgIpc) is 2.56. The molecule has 1 aliphatic heterocycles. The Morgan fingerprint density at radius 3 is 2.38 bits per heavy atom. The van der Waals surface area contributed by atoms with Crippen LogP contribution in [0.2, 0.25) is 0 Å². The van der Waals surface area contributed by atoms with Gasteiger partial charge in [-0.1, -0.05) is 47.8 Å². The first-order valence-corrected chi connectivity index (χ1v) is 6.12. The van der Waals surface area contributed by atoms with Gasteiger partial charge in [0.15, 0.2) is 4.32 Å². The molecule has 0 aromatic heterocycles. The minimum Gasteiger partial charge on any atom is -0.268 e. The van der Waals surface area contributed by atoms with Crippen molar-refractivity contribution in [2.45, 2.75) is 13.8 Å². The Labute approximate surface area is 104 Å². The number of anilines is 1. The summed E-state index contributed by atoms with van der Waals surface area (Å²) in [6.45, 7) is 3.86. The highest BCUT2D eigenvalue weighted by Crippen LogP contribution is 2.36. The second kappa shape index (κ2) is 4.39. The van der Waals surface area contributed by atoms with Crippen LogP contribution in [0, 0.1) is 0 Å². The van der Waals surface area contributed by atoms with E-state index in [4.69, 9.17) is 12.2 Å². The van der Waals surface area contributed by atoms with E-state index in [1.54, 1.807) is 4.90 Å². The van der Waals surface area contributed by atoms with Crippen LogP contribution in [-0.4, -0.2) is 10.2 Å². The summed E-state index contributed by atoms with van der Waals surface area (Å²) in [6, 6.07) is 9.49. The molecule has 0 atom stereocenters. The maximum absolute atomic E-state index is 12.1. The summed E-state index contributed by atoms with van der Waals surface area (Å²) in [4.78, 5) is 14.4. The Hall–Kier alpha value is -1.13. The fourth-order valence-corrected chi connectivity index (χ4v) is 2.75. The summed E-state index contributed by atoms with van der Waals surface area (Å²) in [5, 5.41) is 0. The molecule has 1 saturated heterocycles. The standard InChI is InChI=1S/C12H11NOS2/c1-8(2)10-11(14)13(12(15)16-10)9-6-4-3-5-7-9/h3-7H,1-2H3. The lowest BCUT2D eigenvalue weighted by atomic mass is 10.2. The molecule has 0 radical (unpaired) electrons. The van der Waals surface area contributed by atoms with Crippen LogP contribution >= 0.6 is 24.0 Å². The van der Waals surface area contributed by atoms with Gasteiger partial charge in [-0.15, -0.1) is 0 Å². The fraction of sp³-hybridized carbons (Fsp3) is 0.167. The van der Waals surface area contributed by atoms with Gasteiger partial charge >= 0.3 is 0 Å². The van der Waals surface area contributed by atoms with Crippen LogP contribution in [0.5, 0.6) is 0 Å². The van der Waals surface area contributed by atoms with Gasteiger partial charge in [0.05, 0.1) is 10.6 Å². The monoisotopic (exact) mass is 249 g/mol. The molecule has 1 aliphatic rings. The normalized spacial score (nSPS) is 15.9. The van der Waals surface area contributed by atoms with Crippen molar-refractivity contribution < 1.29 is 4.79 Å². The molecule has 1 heterocycles. The molecule has 2 rings (SSSR count). The number of thiocarbonyl (C=S) groups is 1. The predicted octanol–water partition coefficient (Wildman–Crippen LogP) is 3.35. The van der Waals surface area contributed by atoms with Crippen LogP contribution in [-0.2, 0) is 4.79 Å². The van der Waals surface area contributed by atoms with Crippen LogP contribution in [0.25, 0.3) is 0 Å². The molecule has 0 aliphatic carbocycles. The second-order valence-electron chi connectivity index (χ2n) is 3.67. The average molecular weight is 249 g/mol. The Bertz CT molecular complexity index is 475. The molecule has 1 aromatic rings. The zero-order valence-electron chi connectivity index (χ0n) is 9.06. The SMILES string of the molecule is CC(C)=C1SC(=S)N(c2ccccc2)C1=O. The third-order valence-electron chi connectivity index (χ3n) is 2.24. The number of benzene rings is 1. The van der Waals surface area contributed by atoms with Gasteiger partial charge in [0, 0.05) is 0 Å². The highest BCUT2D eigenvalue weighted by atomic mass is 32.2. The van der Waals surface area contributed by atoms with E-state index in [0.29, 0.717) is 4.32 Å². The van der Waals surface area contributed by atoms with Gasteiger partial charge in [0.25, 0.3) is 5.91 Å². The summed E-state index contributed by atoms with van der Waals surface area (Å²) in [7, 11) is 0. The molecule has 0 unspecified atom stereocenters. The van der Waals surface area contributed by atoms with Crippen LogP contribution in [0.3, 0.4) is 0 Å². The lowest BCUT2D eigenvalue weighted by Crippen LogP contribution is -2.27. The number of carbonyl (C=O) groups excluding carboxylic acids is 1. The highest BCUT2D eigenvalue weighted by Gasteiger charge is 2.33. The van der Waals surface area contributed by atoms with Crippen LogP contribution in [0.15, 0.2) is 40.8 Å². The molecule has 2 nitrogen and oxygen atoms in total. The van der Waals surface area contributed by atoms with Crippen molar-refractivity contribution in [2.75, 3.05) is 4.90 Å².